The molecule has 3 N–H and O–H groups in total. The summed E-state index contributed by atoms with van der Waals surface area (Å²) in [6.07, 6.45) is 5.18. The van der Waals surface area contributed by atoms with Crippen LogP contribution in [0.2, 0.25) is 0 Å². The fraction of sp³-hybridized carbons (Fsp3) is 0.467. The molecule has 0 unspecified atom stereocenters. The topological polar surface area (TPSA) is 81.1 Å². The fourth-order valence-electron chi connectivity index (χ4n) is 2.18. The van der Waals surface area contributed by atoms with Crippen molar-refractivity contribution in [1.29, 1.82) is 0 Å². The van der Waals surface area contributed by atoms with Crippen molar-refractivity contribution in [3.8, 4) is 10.6 Å². The minimum Gasteiger partial charge on any atom is -0.472 e. The molecule has 2 heterocycles. The molecule has 0 saturated heterocycles. The zero-order chi connectivity index (χ0) is 15.3. The van der Waals surface area contributed by atoms with Gasteiger partial charge in [0.25, 0.3) is 0 Å². The molecular weight excluding hydrogens is 286 g/mol. The van der Waals surface area contributed by atoms with Gasteiger partial charge in [-0.15, -0.1) is 11.3 Å². The van der Waals surface area contributed by atoms with Gasteiger partial charge in [-0.05, 0) is 18.9 Å². The highest BCUT2D eigenvalue weighted by Gasteiger charge is 2.26. The Kier molecular flexibility index (Phi) is 5.14. The molecule has 114 valence electrons. The van der Waals surface area contributed by atoms with Gasteiger partial charge in [-0.1, -0.05) is 13.8 Å². The van der Waals surface area contributed by atoms with E-state index in [0.717, 1.165) is 29.1 Å². The third-order valence-corrected chi connectivity index (χ3v) is 4.75. The molecule has 0 spiro atoms. The third kappa shape index (κ3) is 3.71. The van der Waals surface area contributed by atoms with Crippen LogP contribution in [-0.4, -0.2) is 23.0 Å². The number of thiazole rings is 1. The number of nitrogens with zero attached hydrogens (tertiary/aromatic N) is 1. The highest BCUT2D eigenvalue weighted by molar-refractivity contribution is 7.13. The van der Waals surface area contributed by atoms with E-state index in [-0.39, 0.29) is 17.9 Å². The monoisotopic (exact) mass is 307 g/mol. The Morgan fingerprint density at radius 1 is 1.48 bits per heavy atom. The lowest BCUT2D eigenvalue weighted by Gasteiger charge is -2.31. The van der Waals surface area contributed by atoms with Crippen molar-refractivity contribution >= 4 is 17.2 Å². The summed E-state index contributed by atoms with van der Waals surface area (Å²) in [6, 6.07) is 1.86. The van der Waals surface area contributed by atoms with E-state index >= 15 is 0 Å². The average Bonchev–Trinajstić information content (AvgIpc) is 3.15. The predicted octanol–water partition coefficient (Wildman–Crippen LogP) is 2.58. The van der Waals surface area contributed by atoms with Gasteiger partial charge in [0.15, 0.2) is 0 Å². The third-order valence-electron chi connectivity index (χ3n) is 3.81. The van der Waals surface area contributed by atoms with Crippen molar-refractivity contribution in [3.63, 3.8) is 0 Å². The van der Waals surface area contributed by atoms with Gasteiger partial charge in [0, 0.05) is 17.5 Å². The Morgan fingerprint density at radius 2 is 2.24 bits per heavy atom. The summed E-state index contributed by atoms with van der Waals surface area (Å²) in [5.41, 5.74) is 7.20. The maximum atomic E-state index is 12.2. The Labute approximate surface area is 128 Å². The molecular formula is C15H21N3O2S. The molecule has 2 aromatic rings. The van der Waals surface area contributed by atoms with Gasteiger partial charge in [0.1, 0.15) is 11.3 Å². The standard InChI is InChI=1S/C15H21N3O2S/c1-3-15(4-2,10-16)18-13(19)7-12-9-21-14(17-12)11-5-6-20-8-11/h5-6,8-9H,3-4,7,10,16H2,1-2H3,(H,18,19). The SMILES string of the molecule is CCC(CC)(CN)NC(=O)Cc1csc(-c2ccoc2)n1. The lowest BCUT2D eigenvalue weighted by Crippen LogP contribution is -2.53. The van der Waals surface area contributed by atoms with Crippen LogP contribution in [0.1, 0.15) is 32.4 Å². The van der Waals surface area contributed by atoms with E-state index in [9.17, 15) is 4.79 Å². The van der Waals surface area contributed by atoms with Crippen LogP contribution >= 0.6 is 11.3 Å². The second-order valence-electron chi connectivity index (χ2n) is 5.07. The lowest BCUT2D eigenvalue weighted by atomic mass is 9.92. The van der Waals surface area contributed by atoms with Crippen LogP contribution in [0.15, 0.2) is 28.4 Å². The Balaban J connectivity index is 2.00. The first-order chi connectivity index (χ1) is 10.1. The summed E-state index contributed by atoms with van der Waals surface area (Å²) in [5, 5.41) is 5.82. The summed E-state index contributed by atoms with van der Waals surface area (Å²) in [6.45, 7) is 4.52. The molecule has 1 amide bonds. The minimum absolute atomic E-state index is 0.0341. The van der Waals surface area contributed by atoms with E-state index in [1.807, 2.05) is 25.3 Å². The van der Waals surface area contributed by atoms with Crippen LogP contribution in [0.5, 0.6) is 0 Å². The molecule has 2 aromatic heterocycles. The number of hydrogen-bond acceptors (Lipinski definition) is 5. The van der Waals surface area contributed by atoms with Crippen LogP contribution in [0.25, 0.3) is 10.6 Å². The fourth-order valence-corrected chi connectivity index (χ4v) is 2.98. The Bertz CT molecular complexity index is 565. The van der Waals surface area contributed by atoms with Crippen molar-refractivity contribution in [1.82, 2.24) is 10.3 Å². The quantitative estimate of drug-likeness (QED) is 0.824. The zero-order valence-electron chi connectivity index (χ0n) is 12.4. The number of aromatic nitrogens is 1. The van der Waals surface area contributed by atoms with Crippen molar-refractivity contribution in [2.24, 2.45) is 5.73 Å². The number of furan rings is 1. The van der Waals surface area contributed by atoms with Gasteiger partial charge in [-0.3, -0.25) is 4.79 Å². The molecule has 0 fully saturated rings. The molecule has 0 aromatic carbocycles. The summed E-state index contributed by atoms with van der Waals surface area (Å²) in [7, 11) is 0. The smallest absolute Gasteiger partial charge is 0.226 e. The highest BCUT2D eigenvalue weighted by atomic mass is 32.1. The maximum Gasteiger partial charge on any atom is 0.226 e. The predicted molar refractivity (Wildman–Crippen MR) is 84.0 cm³/mol. The Morgan fingerprint density at radius 3 is 2.81 bits per heavy atom. The molecule has 6 heteroatoms. The normalized spacial score (nSPS) is 11.6. The van der Waals surface area contributed by atoms with Gasteiger partial charge in [-0.2, -0.15) is 0 Å². The van der Waals surface area contributed by atoms with Gasteiger partial charge in [-0.25, -0.2) is 4.98 Å². The molecule has 0 radical (unpaired) electrons. The first-order valence-corrected chi connectivity index (χ1v) is 7.98. The Hall–Kier alpha value is -1.66. The highest BCUT2D eigenvalue weighted by Crippen LogP contribution is 2.24. The van der Waals surface area contributed by atoms with Crippen LogP contribution in [0.4, 0.5) is 0 Å². The van der Waals surface area contributed by atoms with Crippen LogP contribution in [-0.2, 0) is 11.2 Å². The van der Waals surface area contributed by atoms with E-state index in [1.165, 1.54) is 11.3 Å². The number of carbonyl (C=O) groups is 1. The van der Waals surface area contributed by atoms with Gasteiger partial charge >= 0.3 is 0 Å². The van der Waals surface area contributed by atoms with E-state index in [2.05, 4.69) is 10.3 Å². The molecule has 21 heavy (non-hydrogen) atoms. The maximum absolute atomic E-state index is 12.2. The summed E-state index contributed by atoms with van der Waals surface area (Å²) < 4.78 is 5.04. The number of nitrogens with two attached hydrogens (primary N) is 1. The zero-order valence-corrected chi connectivity index (χ0v) is 13.2. The first kappa shape index (κ1) is 15.7. The van der Waals surface area contributed by atoms with Crippen LogP contribution in [0, 0.1) is 0 Å². The number of rotatable bonds is 7. The second-order valence-corrected chi connectivity index (χ2v) is 5.93. The second kappa shape index (κ2) is 6.87. The van der Waals surface area contributed by atoms with E-state index in [0.29, 0.717) is 6.54 Å². The largest absolute Gasteiger partial charge is 0.472 e. The molecule has 0 aliphatic heterocycles. The molecule has 0 atom stereocenters. The summed E-state index contributed by atoms with van der Waals surface area (Å²) >= 11 is 1.51. The number of hydrogen-bond donors (Lipinski definition) is 2. The molecule has 0 bridgehead atoms. The molecule has 0 aliphatic rings. The van der Waals surface area contributed by atoms with E-state index < -0.39 is 0 Å². The van der Waals surface area contributed by atoms with E-state index in [4.69, 9.17) is 10.2 Å². The van der Waals surface area contributed by atoms with Crippen molar-refractivity contribution < 1.29 is 9.21 Å². The van der Waals surface area contributed by atoms with Gasteiger partial charge < -0.3 is 15.5 Å². The van der Waals surface area contributed by atoms with E-state index in [1.54, 1.807) is 12.5 Å². The average molecular weight is 307 g/mol. The molecule has 0 aliphatic carbocycles. The van der Waals surface area contributed by atoms with Crippen LogP contribution in [0.3, 0.4) is 0 Å². The lowest BCUT2D eigenvalue weighted by molar-refractivity contribution is -0.122. The van der Waals surface area contributed by atoms with Crippen molar-refractivity contribution in [2.45, 2.75) is 38.6 Å². The summed E-state index contributed by atoms with van der Waals surface area (Å²) in [5.74, 6) is -0.0341. The molecule has 0 saturated carbocycles. The minimum atomic E-state index is -0.305. The first-order valence-electron chi connectivity index (χ1n) is 7.10. The van der Waals surface area contributed by atoms with Gasteiger partial charge in [0.2, 0.25) is 5.91 Å². The number of carbonyl (C=O) groups excluding carboxylic acids is 1. The number of amides is 1. The van der Waals surface area contributed by atoms with Gasteiger partial charge in [0.05, 0.1) is 23.9 Å². The number of nitrogens with one attached hydrogen (secondary N) is 1. The summed E-state index contributed by atoms with van der Waals surface area (Å²) in [4.78, 5) is 16.6. The van der Waals surface area contributed by atoms with Crippen molar-refractivity contribution in [3.05, 3.63) is 29.7 Å². The molecule has 5 nitrogen and oxygen atoms in total. The molecule has 2 rings (SSSR count). The van der Waals surface area contributed by atoms with Crippen molar-refractivity contribution in [2.75, 3.05) is 6.54 Å². The van der Waals surface area contributed by atoms with Crippen LogP contribution < -0.4 is 11.1 Å².